The Bertz CT molecular complexity index is 598. The fourth-order valence-electron chi connectivity index (χ4n) is 1.65. The van der Waals surface area contributed by atoms with E-state index in [9.17, 15) is 9.59 Å². The van der Waals surface area contributed by atoms with Crippen molar-refractivity contribution >= 4 is 11.9 Å². The summed E-state index contributed by atoms with van der Waals surface area (Å²) in [4.78, 5) is 29.0. The Morgan fingerprint density at radius 3 is 2.35 bits per heavy atom. The van der Waals surface area contributed by atoms with Crippen LogP contribution >= 0.6 is 0 Å². The molecule has 0 saturated heterocycles. The predicted octanol–water partition coefficient (Wildman–Crippen LogP) is 0.903. The lowest BCUT2D eigenvalue weighted by Crippen LogP contribution is -2.36. The highest BCUT2D eigenvalue weighted by atomic mass is 16.5. The van der Waals surface area contributed by atoms with E-state index in [4.69, 9.17) is 20.0 Å². The van der Waals surface area contributed by atoms with Gasteiger partial charge in [0.2, 0.25) is 5.88 Å². The van der Waals surface area contributed by atoms with Crippen LogP contribution in [0.3, 0.4) is 0 Å². The Labute approximate surface area is 133 Å². The van der Waals surface area contributed by atoms with Gasteiger partial charge in [0.15, 0.2) is 6.61 Å². The average Bonchev–Trinajstić information content (AvgIpc) is 2.59. The first kappa shape index (κ1) is 17.9. The number of carbonyl (C=O) groups excluding carboxylic acids is 2. The van der Waals surface area contributed by atoms with E-state index in [1.54, 1.807) is 0 Å². The summed E-state index contributed by atoms with van der Waals surface area (Å²) in [6.07, 6.45) is 1.58. The summed E-state index contributed by atoms with van der Waals surface area (Å²) in [7, 11) is 1.45. The van der Waals surface area contributed by atoms with Crippen molar-refractivity contribution in [3.8, 4) is 18.0 Å². The smallest absolute Gasteiger partial charge is 0.340 e. The van der Waals surface area contributed by atoms with Crippen LogP contribution in [0, 0.1) is 22.7 Å². The molecule has 1 heterocycles. The average molecular weight is 316 g/mol. The van der Waals surface area contributed by atoms with E-state index in [1.165, 1.54) is 30.3 Å². The summed E-state index contributed by atoms with van der Waals surface area (Å²) in [5.74, 6) is -0.781. The summed E-state index contributed by atoms with van der Waals surface area (Å²) in [6.45, 7) is -0.0704. The van der Waals surface area contributed by atoms with Crippen LogP contribution in [0.1, 0.15) is 23.2 Å². The zero-order valence-corrected chi connectivity index (χ0v) is 12.7. The topological polar surface area (TPSA) is 116 Å². The van der Waals surface area contributed by atoms with Crippen molar-refractivity contribution in [1.29, 1.82) is 10.5 Å². The first-order valence-corrected chi connectivity index (χ1v) is 6.81. The van der Waals surface area contributed by atoms with Crippen LogP contribution in [0.5, 0.6) is 5.88 Å². The standard InChI is InChI=1S/C15H16N4O4/c1-22-13-5-4-12(10-18-13)15(21)23-11-14(20)19(8-2-6-16)9-3-7-17/h4-5,10H,2-3,8-9,11H2,1H3. The Morgan fingerprint density at radius 1 is 1.22 bits per heavy atom. The molecular formula is C15H16N4O4. The van der Waals surface area contributed by atoms with Gasteiger partial charge in [-0.2, -0.15) is 10.5 Å². The minimum Gasteiger partial charge on any atom is -0.481 e. The second kappa shape index (κ2) is 9.74. The van der Waals surface area contributed by atoms with Gasteiger partial charge < -0.3 is 14.4 Å². The van der Waals surface area contributed by atoms with Gasteiger partial charge in [-0.1, -0.05) is 0 Å². The molecule has 0 bridgehead atoms. The van der Waals surface area contributed by atoms with Gasteiger partial charge >= 0.3 is 5.97 Å². The van der Waals surface area contributed by atoms with Crippen LogP contribution in [0.25, 0.3) is 0 Å². The monoisotopic (exact) mass is 316 g/mol. The molecule has 0 radical (unpaired) electrons. The Balaban J connectivity index is 2.55. The third-order valence-electron chi connectivity index (χ3n) is 2.85. The van der Waals surface area contributed by atoms with Crippen molar-refractivity contribution < 1.29 is 19.1 Å². The number of esters is 1. The largest absolute Gasteiger partial charge is 0.481 e. The normalized spacial score (nSPS) is 9.35. The van der Waals surface area contributed by atoms with Gasteiger partial charge in [0.05, 0.1) is 37.7 Å². The number of nitrogens with zero attached hydrogens (tertiary/aromatic N) is 4. The summed E-state index contributed by atoms with van der Waals surface area (Å²) >= 11 is 0. The predicted molar refractivity (Wildman–Crippen MR) is 78.1 cm³/mol. The van der Waals surface area contributed by atoms with Crippen molar-refractivity contribution in [2.75, 3.05) is 26.8 Å². The van der Waals surface area contributed by atoms with Gasteiger partial charge in [-0.05, 0) is 6.07 Å². The molecule has 8 heteroatoms. The molecule has 0 unspecified atom stereocenters. The number of pyridine rings is 1. The van der Waals surface area contributed by atoms with E-state index in [0.717, 1.165) is 0 Å². The van der Waals surface area contributed by atoms with Crippen LogP contribution in [-0.4, -0.2) is 48.6 Å². The number of aromatic nitrogens is 1. The molecule has 23 heavy (non-hydrogen) atoms. The molecule has 0 aromatic carbocycles. The lowest BCUT2D eigenvalue weighted by atomic mass is 10.3. The molecule has 0 aliphatic heterocycles. The van der Waals surface area contributed by atoms with Crippen LogP contribution in [0.15, 0.2) is 18.3 Å². The van der Waals surface area contributed by atoms with Crippen molar-refractivity contribution in [3.63, 3.8) is 0 Å². The highest BCUT2D eigenvalue weighted by Crippen LogP contribution is 2.08. The molecule has 1 aromatic rings. The van der Waals surface area contributed by atoms with Crippen LogP contribution in [0.2, 0.25) is 0 Å². The maximum absolute atomic E-state index is 12.0. The summed E-state index contributed by atoms with van der Waals surface area (Å²) < 4.78 is 9.80. The summed E-state index contributed by atoms with van der Waals surface area (Å²) in [5.41, 5.74) is 0.194. The van der Waals surface area contributed by atoms with Crippen molar-refractivity contribution in [2.24, 2.45) is 0 Å². The summed E-state index contributed by atoms with van der Waals surface area (Å²) in [5, 5.41) is 17.2. The quantitative estimate of drug-likeness (QED) is 0.654. The van der Waals surface area contributed by atoms with E-state index in [1.807, 2.05) is 12.1 Å². The fraction of sp³-hybridized carbons (Fsp3) is 0.400. The highest BCUT2D eigenvalue weighted by molar-refractivity contribution is 5.91. The number of carbonyl (C=O) groups is 2. The van der Waals surface area contributed by atoms with Crippen molar-refractivity contribution in [3.05, 3.63) is 23.9 Å². The number of hydrogen-bond acceptors (Lipinski definition) is 7. The number of methoxy groups -OCH3 is 1. The zero-order chi connectivity index (χ0) is 17.1. The number of nitriles is 2. The first-order valence-electron chi connectivity index (χ1n) is 6.81. The second-order valence-electron chi connectivity index (χ2n) is 4.36. The van der Waals surface area contributed by atoms with Crippen molar-refractivity contribution in [2.45, 2.75) is 12.8 Å². The number of amides is 1. The third-order valence-corrected chi connectivity index (χ3v) is 2.85. The Morgan fingerprint density at radius 2 is 1.87 bits per heavy atom. The van der Waals surface area contributed by atoms with E-state index >= 15 is 0 Å². The molecule has 0 aliphatic rings. The number of ether oxygens (including phenoxy) is 2. The molecule has 0 atom stereocenters. The van der Waals surface area contributed by atoms with E-state index in [-0.39, 0.29) is 31.5 Å². The van der Waals surface area contributed by atoms with E-state index < -0.39 is 18.5 Å². The molecule has 120 valence electrons. The van der Waals surface area contributed by atoms with Crippen molar-refractivity contribution in [1.82, 2.24) is 9.88 Å². The van der Waals surface area contributed by atoms with Gasteiger partial charge in [-0.15, -0.1) is 0 Å². The first-order chi connectivity index (χ1) is 11.1. The van der Waals surface area contributed by atoms with Gasteiger partial charge in [0.1, 0.15) is 0 Å². The fourth-order valence-corrected chi connectivity index (χ4v) is 1.65. The molecular weight excluding hydrogens is 300 g/mol. The Hall–Kier alpha value is -3.13. The maximum atomic E-state index is 12.0. The van der Waals surface area contributed by atoms with E-state index in [2.05, 4.69) is 4.98 Å². The second-order valence-corrected chi connectivity index (χ2v) is 4.36. The zero-order valence-electron chi connectivity index (χ0n) is 12.7. The molecule has 1 aromatic heterocycles. The van der Waals surface area contributed by atoms with Gasteiger partial charge in [-0.3, -0.25) is 4.79 Å². The molecule has 0 saturated carbocycles. The SMILES string of the molecule is COc1ccc(C(=O)OCC(=O)N(CCC#N)CCC#N)cn1. The number of rotatable bonds is 8. The van der Waals surface area contributed by atoms with Gasteiger partial charge in [0.25, 0.3) is 5.91 Å². The lowest BCUT2D eigenvalue weighted by Gasteiger charge is -2.20. The molecule has 0 N–H and O–H groups in total. The minimum absolute atomic E-state index is 0.146. The molecule has 0 fully saturated rings. The Kier molecular flexibility index (Phi) is 7.59. The number of hydrogen-bond donors (Lipinski definition) is 0. The molecule has 0 aliphatic carbocycles. The van der Waals surface area contributed by atoms with Gasteiger partial charge in [0, 0.05) is 25.4 Å². The molecule has 0 spiro atoms. The molecule has 1 rings (SSSR count). The van der Waals surface area contributed by atoms with Gasteiger partial charge in [-0.25, -0.2) is 9.78 Å². The van der Waals surface area contributed by atoms with E-state index in [0.29, 0.717) is 5.88 Å². The third kappa shape index (κ3) is 6.02. The molecule has 1 amide bonds. The van der Waals surface area contributed by atoms with Crippen LogP contribution in [0.4, 0.5) is 0 Å². The lowest BCUT2D eigenvalue weighted by molar-refractivity contribution is -0.134. The van der Waals surface area contributed by atoms with Crippen LogP contribution < -0.4 is 4.74 Å². The summed E-state index contributed by atoms with van der Waals surface area (Å²) in [6, 6.07) is 6.83. The molecule has 8 nitrogen and oxygen atoms in total. The minimum atomic E-state index is -0.686. The highest BCUT2D eigenvalue weighted by Gasteiger charge is 2.16. The maximum Gasteiger partial charge on any atom is 0.340 e. The van der Waals surface area contributed by atoms with Crippen LogP contribution in [-0.2, 0) is 9.53 Å².